The molecule has 0 atom stereocenters. The maximum atomic E-state index is 8.59. The predicted octanol–water partition coefficient (Wildman–Crippen LogP) is 1.54. The quantitative estimate of drug-likeness (QED) is 0.542. The lowest BCUT2D eigenvalue weighted by Gasteiger charge is -2.04. The van der Waals surface area contributed by atoms with Crippen LogP contribution >= 0.6 is 11.6 Å². The third-order valence-corrected chi connectivity index (χ3v) is 1.03. The minimum atomic E-state index is -0.113. The first kappa shape index (κ1) is 5.51. The first-order valence-electron chi connectivity index (χ1n) is 2.18. The molecule has 3 heteroatoms. The third-order valence-electron chi connectivity index (χ3n) is 0.771. The first-order chi connectivity index (χ1) is 3.79. The van der Waals surface area contributed by atoms with Crippen LogP contribution in [0, 0.1) is 0 Å². The Morgan fingerprint density at radius 2 is 2.50 bits per heavy atom. The highest BCUT2D eigenvalue weighted by atomic mass is 35.5. The van der Waals surface area contributed by atoms with Gasteiger partial charge >= 0.3 is 0 Å². The highest BCUT2D eigenvalue weighted by molar-refractivity contribution is 6.31. The van der Waals surface area contributed by atoms with Crippen LogP contribution < -0.4 is 0 Å². The summed E-state index contributed by atoms with van der Waals surface area (Å²) in [6.07, 6.45) is 3.02. The fraction of sp³-hybridized carbons (Fsp3) is 0.200. The molecule has 0 aromatic rings. The van der Waals surface area contributed by atoms with Crippen molar-refractivity contribution in [3.8, 4) is 0 Å². The van der Waals surface area contributed by atoms with Gasteiger partial charge < -0.3 is 9.84 Å². The molecule has 0 fully saturated rings. The molecule has 0 radical (unpaired) electrons. The van der Waals surface area contributed by atoms with Gasteiger partial charge in [0.05, 0.1) is 0 Å². The van der Waals surface area contributed by atoms with Crippen LogP contribution in [0.5, 0.6) is 0 Å². The maximum absolute atomic E-state index is 8.59. The molecule has 0 aromatic carbocycles. The van der Waals surface area contributed by atoms with Crippen molar-refractivity contribution in [1.29, 1.82) is 0 Å². The van der Waals surface area contributed by atoms with Crippen LogP contribution in [0.15, 0.2) is 23.1 Å². The monoisotopic (exact) mass is 132 g/mol. The van der Waals surface area contributed by atoms with E-state index in [0.29, 0.717) is 11.6 Å². The highest BCUT2D eigenvalue weighted by Crippen LogP contribution is 2.11. The minimum absolute atomic E-state index is 0.113. The van der Waals surface area contributed by atoms with Crippen molar-refractivity contribution in [2.75, 3.05) is 6.61 Å². The zero-order valence-corrected chi connectivity index (χ0v) is 4.85. The molecule has 1 aliphatic rings. The Morgan fingerprint density at radius 3 is 2.88 bits per heavy atom. The number of hydrogen-bond donors (Lipinski definition) is 1. The SMILES string of the molecule is OC1=CC(Cl)=CCO1. The zero-order chi connectivity index (χ0) is 5.98. The first-order valence-corrected chi connectivity index (χ1v) is 2.56. The topological polar surface area (TPSA) is 29.5 Å². The Morgan fingerprint density at radius 1 is 1.75 bits per heavy atom. The van der Waals surface area contributed by atoms with Crippen molar-refractivity contribution in [3.05, 3.63) is 23.1 Å². The molecule has 1 N–H and O–H groups in total. The van der Waals surface area contributed by atoms with Crippen molar-refractivity contribution in [1.82, 2.24) is 0 Å². The minimum Gasteiger partial charge on any atom is -0.481 e. The molecule has 0 amide bonds. The number of hydrogen-bond acceptors (Lipinski definition) is 2. The second kappa shape index (κ2) is 2.09. The van der Waals surface area contributed by atoms with Gasteiger partial charge in [-0.05, 0) is 6.08 Å². The van der Waals surface area contributed by atoms with Crippen molar-refractivity contribution in [3.63, 3.8) is 0 Å². The van der Waals surface area contributed by atoms with Gasteiger partial charge in [0, 0.05) is 11.1 Å². The number of allylic oxidation sites excluding steroid dienone is 2. The van der Waals surface area contributed by atoms with Crippen LogP contribution in [0.25, 0.3) is 0 Å². The standard InChI is InChI=1S/C5H5ClO2/c6-4-1-2-8-5(7)3-4/h1,3,7H,2H2. The average Bonchev–Trinajstić information content (AvgIpc) is 1.64. The number of aliphatic hydroxyl groups is 1. The number of halogens is 1. The Balaban J connectivity index is 2.69. The fourth-order valence-corrected chi connectivity index (χ4v) is 0.582. The average molecular weight is 133 g/mol. The summed E-state index contributed by atoms with van der Waals surface area (Å²) in [5.41, 5.74) is 0. The lowest BCUT2D eigenvalue weighted by atomic mass is 10.4. The van der Waals surface area contributed by atoms with Crippen LogP contribution in [0.3, 0.4) is 0 Å². The van der Waals surface area contributed by atoms with E-state index in [-0.39, 0.29) is 5.95 Å². The molecular weight excluding hydrogens is 128 g/mol. The number of rotatable bonds is 0. The van der Waals surface area contributed by atoms with E-state index in [9.17, 15) is 0 Å². The van der Waals surface area contributed by atoms with Crippen LogP contribution in [0.4, 0.5) is 0 Å². The molecule has 0 saturated carbocycles. The van der Waals surface area contributed by atoms with Crippen molar-refractivity contribution < 1.29 is 9.84 Å². The van der Waals surface area contributed by atoms with E-state index in [1.54, 1.807) is 6.08 Å². The van der Waals surface area contributed by atoms with E-state index in [4.69, 9.17) is 16.7 Å². The fourth-order valence-electron chi connectivity index (χ4n) is 0.425. The second-order valence-electron chi connectivity index (χ2n) is 1.38. The lowest BCUT2D eigenvalue weighted by molar-refractivity contribution is 0.109. The summed E-state index contributed by atoms with van der Waals surface area (Å²) in [4.78, 5) is 0. The molecule has 1 heterocycles. The molecule has 0 bridgehead atoms. The summed E-state index contributed by atoms with van der Waals surface area (Å²) in [6.45, 7) is 0.362. The number of ether oxygens (including phenoxy) is 1. The normalized spacial score (nSPS) is 18.6. The molecule has 8 heavy (non-hydrogen) atoms. The zero-order valence-electron chi connectivity index (χ0n) is 4.10. The summed E-state index contributed by atoms with van der Waals surface area (Å²) in [5, 5.41) is 9.12. The van der Waals surface area contributed by atoms with Crippen LogP contribution in [-0.2, 0) is 4.74 Å². The Labute approximate surface area is 52.0 Å². The molecule has 1 rings (SSSR count). The smallest absolute Gasteiger partial charge is 0.278 e. The van der Waals surface area contributed by atoms with Gasteiger partial charge in [0.25, 0.3) is 5.95 Å². The largest absolute Gasteiger partial charge is 0.481 e. The van der Waals surface area contributed by atoms with Crippen LogP contribution in [-0.4, -0.2) is 11.7 Å². The van der Waals surface area contributed by atoms with E-state index in [0.717, 1.165) is 0 Å². The molecule has 44 valence electrons. The second-order valence-corrected chi connectivity index (χ2v) is 1.82. The van der Waals surface area contributed by atoms with Gasteiger partial charge in [-0.15, -0.1) is 0 Å². The van der Waals surface area contributed by atoms with Gasteiger partial charge in [0.1, 0.15) is 6.61 Å². The molecule has 0 aliphatic carbocycles. The van der Waals surface area contributed by atoms with Crippen molar-refractivity contribution >= 4 is 11.6 Å². The summed E-state index contributed by atoms with van der Waals surface area (Å²) in [5.74, 6) is -0.113. The van der Waals surface area contributed by atoms with E-state index >= 15 is 0 Å². The van der Waals surface area contributed by atoms with Gasteiger partial charge in [-0.1, -0.05) is 11.6 Å². The molecule has 0 saturated heterocycles. The lowest BCUT2D eigenvalue weighted by Crippen LogP contribution is -1.96. The van der Waals surface area contributed by atoms with Crippen LogP contribution in [0.1, 0.15) is 0 Å². The van der Waals surface area contributed by atoms with Crippen molar-refractivity contribution in [2.24, 2.45) is 0 Å². The van der Waals surface area contributed by atoms with Crippen LogP contribution in [0.2, 0.25) is 0 Å². The Bertz CT molecular complexity index is 149. The third kappa shape index (κ3) is 1.17. The van der Waals surface area contributed by atoms with E-state index in [1.807, 2.05) is 0 Å². The number of aliphatic hydroxyl groups excluding tert-OH is 1. The van der Waals surface area contributed by atoms with E-state index in [2.05, 4.69) is 4.74 Å². The highest BCUT2D eigenvalue weighted by Gasteiger charge is 1.99. The Kier molecular flexibility index (Phi) is 1.44. The van der Waals surface area contributed by atoms with Crippen molar-refractivity contribution in [2.45, 2.75) is 0 Å². The summed E-state index contributed by atoms with van der Waals surface area (Å²) in [7, 11) is 0. The molecule has 1 aliphatic heterocycles. The van der Waals surface area contributed by atoms with Gasteiger partial charge in [-0.25, -0.2) is 0 Å². The summed E-state index contributed by atoms with van der Waals surface area (Å²) < 4.78 is 4.60. The molecule has 0 spiro atoms. The van der Waals surface area contributed by atoms with Gasteiger partial charge in [0.15, 0.2) is 0 Å². The van der Waals surface area contributed by atoms with Gasteiger partial charge in [0.2, 0.25) is 0 Å². The Hall–Kier alpha value is -0.630. The summed E-state index contributed by atoms with van der Waals surface area (Å²) >= 11 is 5.46. The predicted molar refractivity (Wildman–Crippen MR) is 30.6 cm³/mol. The van der Waals surface area contributed by atoms with Gasteiger partial charge in [-0.2, -0.15) is 0 Å². The van der Waals surface area contributed by atoms with Gasteiger partial charge in [-0.3, -0.25) is 0 Å². The van der Waals surface area contributed by atoms with E-state index < -0.39 is 0 Å². The van der Waals surface area contributed by atoms with E-state index in [1.165, 1.54) is 6.08 Å². The molecule has 0 unspecified atom stereocenters. The maximum Gasteiger partial charge on any atom is 0.278 e. The molecular formula is C5H5ClO2. The molecule has 0 aromatic heterocycles. The molecule has 2 nitrogen and oxygen atoms in total. The summed E-state index contributed by atoms with van der Waals surface area (Å²) in [6, 6.07) is 0.